The predicted octanol–water partition coefficient (Wildman–Crippen LogP) is 2.68. The van der Waals surface area contributed by atoms with Crippen LogP contribution in [0.3, 0.4) is 0 Å². The van der Waals surface area contributed by atoms with Gasteiger partial charge in [0.1, 0.15) is 12.6 Å². The fourth-order valence-corrected chi connectivity index (χ4v) is 2.32. The second-order valence-electron chi connectivity index (χ2n) is 6.01. The fraction of sp³-hybridized carbons (Fsp3) is 0.500. The Bertz CT molecular complexity index is 718. The summed E-state index contributed by atoms with van der Waals surface area (Å²) in [5, 5.41) is 17.4. The molecule has 1 heterocycles. The second kappa shape index (κ2) is 8.33. The summed E-state index contributed by atoms with van der Waals surface area (Å²) in [6.45, 7) is 0.0532. The summed E-state index contributed by atoms with van der Waals surface area (Å²) in [6, 6.07) is 4.51. The zero-order valence-corrected chi connectivity index (χ0v) is 14.2. The molecule has 0 aliphatic carbocycles. The van der Waals surface area contributed by atoms with Gasteiger partial charge >= 0.3 is 23.9 Å². The third kappa shape index (κ3) is 5.39. The Hall–Kier alpha value is -2.69. The van der Waals surface area contributed by atoms with Gasteiger partial charge in [0.15, 0.2) is 0 Å². The average Bonchev–Trinajstić information content (AvgIpc) is 3.41. The van der Waals surface area contributed by atoms with E-state index in [1.807, 2.05) is 0 Å². The van der Waals surface area contributed by atoms with Crippen molar-refractivity contribution in [1.82, 2.24) is 5.32 Å². The number of unbranched alkanes of at least 4 members (excludes halogenated alkanes) is 1. The van der Waals surface area contributed by atoms with Crippen LogP contribution in [0.25, 0.3) is 0 Å². The van der Waals surface area contributed by atoms with Gasteiger partial charge in [-0.2, -0.15) is 13.2 Å². The van der Waals surface area contributed by atoms with Gasteiger partial charge in [-0.15, -0.1) is 10.2 Å². The highest BCUT2D eigenvalue weighted by Gasteiger charge is 2.65. The van der Waals surface area contributed by atoms with Crippen molar-refractivity contribution in [1.29, 1.82) is 0 Å². The zero-order valence-electron chi connectivity index (χ0n) is 14.2. The third-order valence-electron chi connectivity index (χ3n) is 3.92. The summed E-state index contributed by atoms with van der Waals surface area (Å²) >= 11 is 0. The van der Waals surface area contributed by atoms with Crippen molar-refractivity contribution in [3.63, 3.8) is 0 Å². The molecule has 0 fully saturated rings. The molecule has 0 saturated carbocycles. The van der Waals surface area contributed by atoms with E-state index in [4.69, 9.17) is 15.6 Å². The first-order valence-corrected chi connectivity index (χ1v) is 8.15. The molecule has 8 nitrogen and oxygen atoms in total. The van der Waals surface area contributed by atoms with Crippen LogP contribution >= 0.6 is 0 Å². The first-order valence-electron chi connectivity index (χ1n) is 8.15. The van der Waals surface area contributed by atoms with Crippen LogP contribution in [0.15, 0.2) is 34.5 Å². The number of nitrogens with one attached hydrogen (secondary N) is 1. The molecular formula is C16H19F3N4O4. The third-order valence-corrected chi connectivity index (χ3v) is 3.92. The van der Waals surface area contributed by atoms with Gasteiger partial charge in [-0.3, -0.25) is 4.79 Å². The highest BCUT2D eigenvalue weighted by atomic mass is 19.4. The maximum atomic E-state index is 13.0. The number of amides is 1. The largest absolute Gasteiger partial charge is 0.480 e. The molecule has 1 amide bonds. The Labute approximate surface area is 152 Å². The molecule has 1 aromatic carbocycles. The number of hydrogen-bond donors (Lipinski definition) is 3. The number of alkyl halides is 3. The van der Waals surface area contributed by atoms with Gasteiger partial charge in [-0.25, -0.2) is 4.79 Å². The normalized spacial score (nSPS) is 15.9. The Morgan fingerprint density at radius 1 is 1.30 bits per heavy atom. The van der Waals surface area contributed by atoms with Gasteiger partial charge in [0, 0.05) is 12.1 Å². The van der Waals surface area contributed by atoms with Crippen LogP contribution in [0.5, 0.6) is 0 Å². The maximum Gasteiger partial charge on any atom is 0.442 e. The summed E-state index contributed by atoms with van der Waals surface area (Å²) in [5.74, 6) is -1.08. The zero-order chi connectivity index (χ0) is 20.1. The number of ether oxygens (including phenoxy) is 1. The van der Waals surface area contributed by atoms with Crippen LogP contribution in [0, 0.1) is 0 Å². The molecular weight excluding hydrogens is 369 g/mol. The lowest BCUT2D eigenvalue weighted by molar-refractivity contribution is -0.166. The summed E-state index contributed by atoms with van der Waals surface area (Å²) < 4.78 is 44.0. The highest BCUT2D eigenvalue weighted by molar-refractivity contribution is 5.72. The van der Waals surface area contributed by atoms with Crippen LogP contribution in [-0.4, -0.2) is 35.9 Å². The van der Waals surface area contributed by atoms with Crippen molar-refractivity contribution in [2.45, 2.75) is 43.8 Å². The number of carboxylic acid groups (broad SMARTS) is 1. The number of carbonyl (C=O) groups is 2. The summed E-state index contributed by atoms with van der Waals surface area (Å²) in [4.78, 5) is 22.2. The van der Waals surface area contributed by atoms with Crippen molar-refractivity contribution in [2.75, 3.05) is 6.54 Å². The number of aliphatic carboxylic acids is 1. The maximum absolute atomic E-state index is 13.0. The molecule has 0 radical (unpaired) electrons. The van der Waals surface area contributed by atoms with Gasteiger partial charge in [0.05, 0.1) is 0 Å². The molecule has 1 aliphatic heterocycles. The topological polar surface area (TPSA) is 126 Å². The van der Waals surface area contributed by atoms with Crippen LogP contribution in [0.4, 0.5) is 18.0 Å². The molecule has 27 heavy (non-hydrogen) atoms. The highest BCUT2D eigenvalue weighted by Crippen LogP contribution is 2.52. The van der Waals surface area contributed by atoms with Crippen LogP contribution in [-0.2, 0) is 21.8 Å². The number of alkyl carbamates (subject to hydrolysis) is 1. The summed E-state index contributed by atoms with van der Waals surface area (Å²) in [6.07, 6.45) is -4.03. The molecule has 1 aliphatic rings. The molecule has 0 spiro atoms. The number of rotatable bonds is 9. The predicted molar refractivity (Wildman–Crippen MR) is 86.7 cm³/mol. The van der Waals surface area contributed by atoms with Gasteiger partial charge in [0.2, 0.25) is 0 Å². The van der Waals surface area contributed by atoms with Crippen LogP contribution < -0.4 is 11.1 Å². The summed E-state index contributed by atoms with van der Waals surface area (Å²) in [5.41, 5.74) is 3.08. The van der Waals surface area contributed by atoms with E-state index in [1.165, 1.54) is 24.3 Å². The lowest BCUT2D eigenvalue weighted by atomic mass is 10.0. The Morgan fingerprint density at radius 3 is 2.59 bits per heavy atom. The molecule has 2 rings (SSSR count). The molecule has 0 bridgehead atoms. The van der Waals surface area contributed by atoms with Crippen molar-refractivity contribution < 1.29 is 32.6 Å². The number of carboxylic acids is 1. The molecule has 4 N–H and O–H groups in total. The minimum atomic E-state index is -4.62. The smallest absolute Gasteiger partial charge is 0.442 e. The number of halogens is 3. The number of nitrogens with zero attached hydrogens (tertiary/aromatic N) is 2. The number of carbonyl (C=O) groups excluding carboxylic acids is 1. The van der Waals surface area contributed by atoms with E-state index in [0.717, 1.165) is 0 Å². The first kappa shape index (κ1) is 20.6. The Morgan fingerprint density at radius 2 is 2.00 bits per heavy atom. The van der Waals surface area contributed by atoms with Gasteiger partial charge in [-0.1, -0.05) is 18.2 Å². The van der Waals surface area contributed by atoms with E-state index in [9.17, 15) is 22.8 Å². The molecule has 0 unspecified atom stereocenters. The lowest BCUT2D eigenvalue weighted by Gasteiger charge is -2.15. The van der Waals surface area contributed by atoms with E-state index in [1.54, 1.807) is 0 Å². The van der Waals surface area contributed by atoms with Crippen molar-refractivity contribution in [2.24, 2.45) is 16.0 Å². The Balaban J connectivity index is 1.73. The Kier molecular flexibility index (Phi) is 6.37. The molecule has 0 aromatic heterocycles. The molecule has 148 valence electrons. The minimum Gasteiger partial charge on any atom is -0.480 e. The van der Waals surface area contributed by atoms with Gasteiger partial charge in [0.25, 0.3) is 0 Å². The monoisotopic (exact) mass is 388 g/mol. The second-order valence-corrected chi connectivity index (χ2v) is 6.01. The molecule has 0 saturated heterocycles. The van der Waals surface area contributed by atoms with E-state index in [2.05, 4.69) is 15.5 Å². The van der Waals surface area contributed by atoms with E-state index in [-0.39, 0.29) is 25.1 Å². The standard InChI is InChI=1S/C16H19F3N4O4/c17-16(18,19)15(22-23-15)11-5-3-4-10(8-11)9-27-14(26)21-7-2-1-6-12(20)13(24)25/h3-5,8,12H,1-2,6-7,9,20H2,(H,21,26)(H,24,25)/t12-/m0/s1. The SMILES string of the molecule is N[C@@H](CCCCNC(=O)OCc1cccc(C2(C(F)(F)F)N=N2)c1)C(=O)O. The van der Waals surface area contributed by atoms with E-state index in [0.29, 0.717) is 18.4 Å². The number of nitrogens with two attached hydrogens (primary N) is 1. The van der Waals surface area contributed by atoms with Crippen molar-refractivity contribution in [3.05, 3.63) is 35.4 Å². The number of benzene rings is 1. The first-order chi connectivity index (χ1) is 12.7. The average molecular weight is 388 g/mol. The van der Waals surface area contributed by atoms with Gasteiger partial charge < -0.3 is 20.9 Å². The number of hydrogen-bond acceptors (Lipinski definition) is 6. The van der Waals surface area contributed by atoms with Crippen LogP contribution in [0.1, 0.15) is 30.4 Å². The van der Waals surface area contributed by atoms with Gasteiger partial charge in [-0.05, 0) is 30.9 Å². The van der Waals surface area contributed by atoms with Crippen LogP contribution in [0.2, 0.25) is 0 Å². The minimum absolute atomic E-state index is 0.133. The van der Waals surface area contributed by atoms with Crippen molar-refractivity contribution in [3.8, 4) is 0 Å². The molecule has 1 aromatic rings. The van der Waals surface area contributed by atoms with Crippen molar-refractivity contribution >= 4 is 12.1 Å². The molecule has 11 heteroatoms. The quantitative estimate of drug-likeness (QED) is 0.561. The fourth-order valence-electron chi connectivity index (χ4n) is 2.32. The lowest BCUT2D eigenvalue weighted by Crippen LogP contribution is -2.30. The van der Waals surface area contributed by atoms with E-state index < -0.39 is 29.9 Å². The summed E-state index contributed by atoms with van der Waals surface area (Å²) in [7, 11) is 0. The van der Waals surface area contributed by atoms with E-state index >= 15 is 0 Å². The molecule has 1 atom stereocenters.